The monoisotopic (exact) mass is 368 g/mol. The first-order valence-electron chi connectivity index (χ1n) is 7.97. The minimum atomic E-state index is -4.56. The van der Waals surface area contributed by atoms with Gasteiger partial charge in [-0.1, -0.05) is 12.1 Å². The van der Waals surface area contributed by atoms with E-state index in [1.165, 1.54) is 24.0 Å². The second-order valence-electron chi connectivity index (χ2n) is 5.99. The van der Waals surface area contributed by atoms with Crippen LogP contribution in [0, 0.1) is 12.7 Å². The predicted octanol–water partition coefficient (Wildman–Crippen LogP) is 3.76. The third-order valence-corrected chi connectivity index (χ3v) is 4.20. The lowest BCUT2D eigenvalue weighted by molar-refractivity contribution is -0.141. The first kappa shape index (κ1) is 18.3. The highest BCUT2D eigenvalue weighted by atomic mass is 19.4. The van der Waals surface area contributed by atoms with E-state index >= 15 is 0 Å². The third-order valence-electron chi connectivity index (χ3n) is 4.20. The summed E-state index contributed by atoms with van der Waals surface area (Å²) >= 11 is 0. The van der Waals surface area contributed by atoms with Gasteiger partial charge in [-0.3, -0.25) is 4.79 Å². The van der Waals surface area contributed by atoms with Crippen LogP contribution in [0.25, 0.3) is 0 Å². The maximum absolute atomic E-state index is 13.0. The third kappa shape index (κ3) is 3.85. The van der Waals surface area contributed by atoms with E-state index in [9.17, 15) is 22.4 Å². The lowest BCUT2D eigenvalue weighted by atomic mass is 10.1. The molecule has 0 saturated carbocycles. The maximum atomic E-state index is 13.0. The molecule has 26 heavy (non-hydrogen) atoms. The summed E-state index contributed by atoms with van der Waals surface area (Å²) in [5.74, 6) is -0.775. The summed E-state index contributed by atoms with van der Waals surface area (Å²) < 4.78 is 56.8. The molecule has 138 valence electrons. The van der Waals surface area contributed by atoms with Gasteiger partial charge in [-0.15, -0.1) is 0 Å². The van der Waals surface area contributed by atoms with E-state index in [0.717, 1.165) is 17.7 Å². The first-order valence-corrected chi connectivity index (χ1v) is 7.97. The molecule has 1 unspecified atom stereocenters. The first-order chi connectivity index (χ1) is 12.3. The number of hydrogen-bond donors (Lipinski definition) is 0. The van der Waals surface area contributed by atoms with Crippen LogP contribution in [0.4, 0.5) is 17.6 Å². The van der Waals surface area contributed by atoms with Gasteiger partial charge in [-0.2, -0.15) is 13.2 Å². The molecular formula is C18H16F4N2O2. The average molecular weight is 368 g/mol. The molecule has 1 saturated heterocycles. The molecule has 1 amide bonds. The van der Waals surface area contributed by atoms with Gasteiger partial charge in [0.25, 0.3) is 5.91 Å². The number of morpholine rings is 1. The molecule has 1 atom stereocenters. The van der Waals surface area contributed by atoms with E-state index in [1.807, 2.05) is 0 Å². The largest absolute Gasteiger partial charge is 0.433 e. The van der Waals surface area contributed by atoms with Gasteiger partial charge in [0.05, 0.1) is 24.4 Å². The van der Waals surface area contributed by atoms with Gasteiger partial charge < -0.3 is 9.64 Å². The Balaban J connectivity index is 1.78. The Hall–Kier alpha value is -2.48. The Morgan fingerprint density at radius 1 is 1.19 bits per heavy atom. The molecule has 1 aliphatic rings. The second-order valence-corrected chi connectivity index (χ2v) is 5.99. The van der Waals surface area contributed by atoms with E-state index < -0.39 is 23.9 Å². The summed E-state index contributed by atoms with van der Waals surface area (Å²) in [5, 5.41) is 0. The lowest BCUT2D eigenvalue weighted by Gasteiger charge is -2.33. The van der Waals surface area contributed by atoms with Crippen molar-refractivity contribution in [2.45, 2.75) is 19.2 Å². The quantitative estimate of drug-likeness (QED) is 0.758. The van der Waals surface area contributed by atoms with Crippen LogP contribution in [0.1, 0.15) is 33.4 Å². The van der Waals surface area contributed by atoms with Crippen LogP contribution in [-0.4, -0.2) is 35.5 Å². The van der Waals surface area contributed by atoms with Crippen molar-refractivity contribution in [3.63, 3.8) is 0 Å². The minimum absolute atomic E-state index is 0.0228. The number of halogens is 4. The molecule has 0 spiro atoms. The van der Waals surface area contributed by atoms with Gasteiger partial charge in [-0.25, -0.2) is 9.37 Å². The maximum Gasteiger partial charge on any atom is 0.433 e. The van der Waals surface area contributed by atoms with E-state index in [4.69, 9.17) is 4.74 Å². The van der Waals surface area contributed by atoms with Crippen molar-refractivity contribution in [1.82, 2.24) is 9.88 Å². The van der Waals surface area contributed by atoms with Crippen molar-refractivity contribution in [1.29, 1.82) is 0 Å². The Bertz CT molecular complexity index is 806. The molecule has 2 aromatic rings. The van der Waals surface area contributed by atoms with E-state index in [-0.39, 0.29) is 30.2 Å². The fourth-order valence-electron chi connectivity index (χ4n) is 2.83. The zero-order valence-corrected chi connectivity index (χ0v) is 13.9. The fraction of sp³-hybridized carbons (Fsp3) is 0.333. The number of benzene rings is 1. The van der Waals surface area contributed by atoms with Gasteiger partial charge in [0.2, 0.25) is 0 Å². The highest BCUT2D eigenvalue weighted by Gasteiger charge is 2.34. The van der Waals surface area contributed by atoms with E-state index in [2.05, 4.69) is 4.98 Å². The number of carbonyl (C=O) groups excluding carboxylic acids is 1. The number of ether oxygens (including phenoxy) is 1. The number of rotatable bonds is 2. The number of aromatic nitrogens is 1. The van der Waals surface area contributed by atoms with Crippen molar-refractivity contribution in [3.8, 4) is 0 Å². The van der Waals surface area contributed by atoms with Crippen LogP contribution in [0.3, 0.4) is 0 Å². The molecule has 3 rings (SSSR count). The van der Waals surface area contributed by atoms with Crippen molar-refractivity contribution in [2.75, 3.05) is 19.7 Å². The van der Waals surface area contributed by atoms with Crippen LogP contribution in [-0.2, 0) is 10.9 Å². The molecule has 0 aliphatic carbocycles. The van der Waals surface area contributed by atoms with Crippen LogP contribution in [0.2, 0.25) is 0 Å². The van der Waals surface area contributed by atoms with E-state index in [1.54, 1.807) is 12.1 Å². The molecule has 0 bridgehead atoms. The molecule has 1 aromatic heterocycles. The summed E-state index contributed by atoms with van der Waals surface area (Å²) in [5.41, 5.74) is -0.156. The molecule has 0 N–H and O–H groups in total. The minimum Gasteiger partial charge on any atom is -0.370 e. The number of carbonyl (C=O) groups is 1. The summed E-state index contributed by atoms with van der Waals surface area (Å²) in [4.78, 5) is 17.7. The van der Waals surface area contributed by atoms with Crippen molar-refractivity contribution in [3.05, 3.63) is 64.7 Å². The zero-order valence-electron chi connectivity index (χ0n) is 13.9. The van der Waals surface area contributed by atoms with Gasteiger partial charge >= 0.3 is 6.18 Å². The van der Waals surface area contributed by atoms with Crippen molar-refractivity contribution >= 4 is 5.91 Å². The number of aryl methyl sites for hydroxylation is 1. The highest BCUT2D eigenvalue weighted by molar-refractivity contribution is 5.95. The number of hydrogen-bond acceptors (Lipinski definition) is 3. The number of pyridine rings is 1. The van der Waals surface area contributed by atoms with Crippen LogP contribution in [0.15, 0.2) is 36.4 Å². The molecule has 1 aromatic carbocycles. The summed E-state index contributed by atoms with van der Waals surface area (Å²) in [6.45, 7) is 2.20. The Morgan fingerprint density at radius 2 is 1.88 bits per heavy atom. The topological polar surface area (TPSA) is 42.4 Å². The smallest absolute Gasteiger partial charge is 0.370 e. The van der Waals surface area contributed by atoms with Crippen molar-refractivity contribution < 1.29 is 27.1 Å². The lowest BCUT2D eigenvalue weighted by Crippen LogP contribution is -2.42. The Morgan fingerprint density at radius 3 is 2.50 bits per heavy atom. The van der Waals surface area contributed by atoms with Gasteiger partial charge in [0, 0.05) is 6.54 Å². The Labute approximate surface area is 147 Å². The van der Waals surface area contributed by atoms with Crippen LogP contribution >= 0.6 is 0 Å². The number of amides is 1. The van der Waals surface area contributed by atoms with Crippen LogP contribution < -0.4 is 0 Å². The van der Waals surface area contributed by atoms with E-state index in [0.29, 0.717) is 6.54 Å². The normalized spacial score (nSPS) is 18.0. The summed E-state index contributed by atoms with van der Waals surface area (Å²) in [6, 6.07) is 7.73. The number of alkyl halides is 3. The molecule has 0 radical (unpaired) electrons. The van der Waals surface area contributed by atoms with Crippen molar-refractivity contribution in [2.24, 2.45) is 0 Å². The number of nitrogens with zero attached hydrogens (tertiary/aromatic N) is 2. The summed E-state index contributed by atoms with van der Waals surface area (Å²) in [7, 11) is 0. The molecular weight excluding hydrogens is 352 g/mol. The molecule has 1 fully saturated rings. The second kappa shape index (κ2) is 7.03. The average Bonchev–Trinajstić information content (AvgIpc) is 2.61. The van der Waals surface area contributed by atoms with Gasteiger partial charge in [-0.05, 0) is 36.8 Å². The highest BCUT2D eigenvalue weighted by Crippen LogP contribution is 2.29. The fourth-order valence-corrected chi connectivity index (χ4v) is 2.83. The van der Waals surface area contributed by atoms with Gasteiger partial charge in [0.1, 0.15) is 17.6 Å². The predicted molar refractivity (Wildman–Crippen MR) is 85.0 cm³/mol. The molecule has 4 nitrogen and oxygen atoms in total. The standard InChI is InChI=1S/C18H16F4N2O2/c1-11-14(6-7-16(23-11)18(20,21)22)17(25)24-8-9-26-15(10-24)12-2-4-13(19)5-3-12/h2-7,15H,8-10H2,1H3. The molecule has 2 heterocycles. The molecule has 8 heteroatoms. The Kier molecular flexibility index (Phi) is 4.95. The summed E-state index contributed by atoms with van der Waals surface area (Å²) in [6.07, 6.45) is -4.98. The zero-order chi connectivity index (χ0) is 18.9. The van der Waals surface area contributed by atoms with Crippen LogP contribution in [0.5, 0.6) is 0 Å². The van der Waals surface area contributed by atoms with Gasteiger partial charge in [0.15, 0.2) is 0 Å². The molecule has 1 aliphatic heterocycles. The SMILES string of the molecule is Cc1nc(C(F)(F)F)ccc1C(=O)N1CCOC(c2ccc(F)cc2)C1.